The van der Waals surface area contributed by atoms with Crippen molar-refractivity contribution in [3.63, 3.8) is 0 Å². The van der Waals surface area contributed by atoms with E-state index in [1.807, 2.05) is 64.1 Å². The minimum atomic E-state index is -0.569. The lowest BCUT2D eigenvalue weighted by Gasteiger charge is -2.27. The van der Waals surface area contributed by atoms with E-state index in [1.54, 1.807) is 4.90 Å². The van der Waals surface area contributed by atoms with E-state index in [9.17, 15) is 9.59 Å². The van der Waals surface area contributed by atoms with Crippen LogP contribution in [0.5, 0.6) is 0 Å². The van der Waals surface area contributed by atoms with Crippen LogP contribution in [0.15, 0.2) is 60.7 Å². The van der Waals surface area contributed by atoms with E-state index in [4.69, 9.17) is 14.5 Å². The van der Waals surface area contributed by atoms with Crippen molar-refractivity contribution < 1.29 is 19.1 Å². The van der Waals surface area contributed by atoms with Crippen molar-refractivity contribution in [2.24, 2.45) is 0 Å². The number of aromatic nitrogens is 2. The van der Waals surface area contributed by atoms with Gasteiger partial charge in [-0.1, -0.05) is 55.8 Å². The Kier molecular flexibility index (Phi) is 9.16. The van der Waals surface area contributed by atoms with E-state index in [2.05, 4.69) is 41.1 Å². The maximum absolute atomic E-state index is 12.9. The van der Waals surface area contributed by atoms with Gasteiger partial charge in [0.2, 0.25) is 0 Å². The minimum Gasteiger partial charge on any atom is -0.456 e. The van der Waals surface area contributed by atoms with Crippen LogP contribution in [-0.2, 0) is 22.4 Å². The van der Waals surface area contributed by atoms with Crippen LogP contribution in [0, 0.1) is 6.92 Å². The summed E-state index contributed by atoms with van der Waals surface area (Å²) in [5, 5.41) is 3.09. The molecule has 2 heterocycles. The molecule has 0 unspecified atom stereocenters. The molecular weight excluding hydrogens is 540 g/mol. The maximum Gasteiger partial charge on any atom is 0.339 e. The van der Waals surface area contributed by atoms with Crippen molar-refractivity contribution >= 4 is 28.7 Å². The molecule has 0 spiro atoms. The fourth-order valence-corrected chi connectivity index (χ4v) is 5.40. The van der Waals surface area contributed by atoms with Gasteiger partial charge in [-0.15, -0.1) is 0 Å². The Morgan fingerprint density at radius 2 is 1.74 bits per heavy atom. The third kappa shape index (κ3) is 7.25. The largest absolute Gasteiger partial charge is 0.456 e. The van der Waals surface area contributed by atoms with Gasteiger partial charge in [0.15, 0.2) is 0 Å². The molecule has 2 amide bonds. The molecule has 0 radical (unpaired) electrons. The van der Waals surface area contributed by atoms with Crippen LogP contribution in [0.3, 0.4) is 0 Å². The van der Waals surface area contributed by atoms with Crippen molar-refractivity contribution in [3.05, 3.63) is 83.2 Å². The van der Waals surface area contributed by atoms with Crippen LogP contribution in [-0.4, -0.2) is 58.4 Å². The van der Waals surface area contributed by atoms with Crippen LogP contribution in [0.25, 0.3) is 22.2 Å². The second kappa shape index (κ2) is 13.0. The molecule has 1 fully saturated rings. The maximum atomic E-state index is 12.9. The second-order valence-corrected chi connectivity index (χ2v) is 12.2. The normalized spacial score (nSPS) is 13.7. The number of nitrogens with zero attached hydrogens (tertiary/aromatic N) is 3. The first-order valence-corrected chi connectivity index (χ1v) is 15.2. The van der Waals surface area contributed by atoms with E-state index in [-0.39, 0.29) is 12.0 Å². The van der Waals surface area contributed by atoms with Crippen molar-refractivity contribution in [3.8, 4) is 11.1 Å². The highest BCUT2D eigenvalue weighted by Gasteiger charge is 2.22. The standard InChI is InChI=1S/C35H42N4O4/c1-6-7-12-31-37-32-24(2)21-27(36-34(41)38-17-19-42-20-18-38)22-30(32)39(31)23-25-13-15-26(16-14-25)28-10-8-9-11-29(28)33(40)43-35(3,4)5/h8-11,13-16,21-22H,6-7,12,17-20,23H2,1-5H3,(H,36,41). The van der Waals surface area contributed by atoms with Crippen LogP contribution >= 0.6 is 0 Å². The lowest BCUT2D eigenvalue weighted by Crippen LogP contribution is -2.43. The highest BCUT2D eigenvalue weighted by molar-refractivity contribution is 5.97. The van der Waals surface area contributed by atoms with E-state index < -0.39 is 5.60 Å². The molecule has 1 saturated heterocycles. The summed E-state index contributed by atoms with van der Waals surface area (Å²) in [6, 6.07) is 19.8. The predicted octanol–water partition coefficient (Wildman–Crippen LogP) is 7.22. The summed E-state index contributed by atoms with van der Waals surface area (Å²) in [6.45, 7) is 12.8. The molecule has 0 atom stereocenters. The van der Waals surface area contributed by atoms with Gasteiger partial charge in [0.1, 0.15) is 11.4 Å². The number of hydrogen-bond donors (Lipinski definition) is 1. The number of imidazole rings is 1. The average Bonchev–Trinajstić information content (AvgIpc) is 3.33. The molecule has 226 valence electrons. The topological polar surface area (TPSA) is 85.7 Å². The molecule has 1 aliphatic rings. The smallest absolute Gasteiger partial charge is 0.339 e. The van der Waals surface area contributed by atoms with Crippen LogP contribution in [0.1, 0.15) is 67.8 Å². The number of urea groups is 1. The van der Waals surface area contributed by atoms with E-state index in [1.165, 1.54) is 0 Å². The third-order valence-corrected chi connectivity index (χ3v) is 7.58. The van der Waals surface area contributed by atoms with E-state index in [0.29, 0.717) is 38.4 Å². The zero-order chi connectivity index (χ0) is 30.6. The number of benzene rings is 3. The lowest BCUT2D eigenvalue weighted by molar-refractivity contribution is 0.00704. The number of rotatable bonds is 8. The molecule has 0 aliphatic carbocycles. The van der Waals surface area contributed by atoms with Crippen molar-refractivity contribution in [2.45, 2.75) is 66.0 Å². The fourth-order valence-electron chi connectivity index (χ4n) is 5.40. The number of nitrogens with one attached hydrogen (secondary N) is 1. The molecule has 0 bridgehead atoms. The first kappa shape index (κ1) is 30.3. The Morgan fingerprint density at radius 3 is 2.44 bits per heavy atom. The first-order valence-electron chi connectivity index (χ1n) is 15.2. The molecule has 1 aliphatic heterocycles. The van der Waals surface area contributed by atoms with Crippen LogP contribution in [0.2, 0.25) is 0 Å². The van der Waals surface area contributed by atoms with Gasteiger partial charge in [-0.3, -0.25) is 0 Å². The Bertz CT molecular complexity index is 1590. The quantitative estimate of drug-likeness (QED) is 0.222. The highest BCUT2D eigenvalue weighted by atomic mass is 16.6. The van der Waals surface area contributed by atoms with Gasteiger partial charge in [-0.25, -0.2) is 14.6 Å². The van der Waals surface area contributed by atoms with Gasteiger partial charge < -0.3 is 24.3 Å². The van der Waals surface area contributed by atoms with Gasteiger partial charge in [0.25, 0.3) is 0 Å². The molecule has 1 aromatic heterocycles. The summed E-state index contributed by atoms with van der Waals surface area (Å²) >= 11 is 0. The Hall–Kier alpha value is -4.17. The van der Waals surface area contributed by atoms with Gasteiger partial charge in [0.05, 0.1) is 29.8 Å². The first-order chi connectivity index (χ1) is 20.6. The van der Waals surface area contributed by atoms with Crippen molar-refractivity contribution in [1.29, 1.82) is 0 Å². The Morgan fingerprint density at radius 1 is 1.02 bits per heavy atom. The number of hydrogen-bond acceptors (Lipinski definition) is 5. The summed E-state index contributed by atoms with van der Waals surface area (Å²) in [4.78, 5) is 32.7. The van der Waals surface area contributed by atoms with Crippen LogP contribution in [0.4, 0.5) is 10.5 Å². The molecular formula is C35H42N4O4. The molecule has 3 aromatic carbocycles. The number of carbonyl (C=O) groups excluding carboxylic acids is 2. The SMILES string of the molecule is CCCCc1nc2c(C)cc(NC(=O)N3CCOCC3)cc2n1Cc1ccc(-c2ccccc2C(=O)OC(C)(C)C)cc1. The summed E-state index contributed by atoms with van der Waals surface area (Å²) in [5.41, 5.74) is 6.65. The van der Waals surface area contributed by atoms with Gasteiger partial charge in [0, 0.05) is 31.7 Å². The summed E-state index contributed by atoms with van der Waals surface area (Å²) < 4.78 is 13.3. The zero-order valence-corrected chi connectivity index (χ0v) is 25.9. The second-order valence-electron chi connectivity index (χ2n) is 12.2. The predicted molar refractivity (Wildman–Crippen MR) is 171 cm³/mol. The number of unbranched alkanes of at least 4 members (excludes halogenated alkanes) is 1. The number of ether oxygens (including phenoxy) is 2. The van der Waals surface area contributed by atoms with Crippen LogP contribution < -0.4 is 5.32 Å². The Balaban J connectivity index is 1.44. The zero-order valence-electron chi connectivity index (χ0n) is 25.9. The van der Waals surface area contributed by atoms with Gasteiger partial charge in [-0.2, -0.15) is 0 Å². The fraction of sp³-hybridized carbons (Fsp3) is 0.400. The van der Waals surface area contributed by atoms with Crippen molar-refractivity contribution in [2.75, 3.05) is 31.6 Å². The third-order valence-electron chi connectivity index (χ3n) is 7.58. The number of carbonyl (C=O) groups is 2. The number of aryl methyl sites for hydroxylation is 2. The molecule has 1 N–H and O–H groups in total. The average molecular weight is 583 g/mol. The molecule has 43 heavy (non-hydrogen) atoms. The summed E-state index contributed by atoms with van der Waals surface area (Å²) in [5.74, 6) is 0.709. The molecule has 4 aromatic rings. The summed E-state index contributed by atoms with van der Waals surface area (Å²) in [6.07, 6.45) is 3.00. The highest BCUT2D eigenvalue weighted by Crippen LogP contribution is 2.29. The minimum absolute atomic E-state index is 0.110. The van der Waals surface area contributed by atoms with E-state index >= 15 is 0 Å². The van der Waals surface area contributed by atoms with Gasteiger partial charge >= 0.3 is 12.0 Å². The molecule has 8 heteroatoms. The number of anilines is 1. The van der Waals surface area contributed by atoms with Gasteiger partial charge in [-0.05, 0) is 74.6 Å². The molecule has 5 rings (SSSR count). The van der Waals surface area contributed by atoms with E-state index in [0.717, 1.165) is 64.1 Å². The molecule has 8 nitrogen and oxygen atoms in total. The Labute approximate surface area is 254 Å². The lowest BCUT2D eigenvalue weighted by atomic mass is 9.98. The molecule has 0 saturated carbocycles. The number of amides is 2. The van der Waals surface area contributed by atoms with Crippen molar-refractivity contribution in [1.82, 2.24) is 14.5 Å². The number of morpholine rings is 1. The monoisotopic (exact) mass is 582 g/mol. The number of fused-ring (bicyclic) bond motifs is 1. The summed E-state index contributed by atoms with van der Waals surface area (Å²) in [7, 11) is 0. The number of esters is 1.